The van der Waals surface area contributed by atoms with E-state index >= 15 is 0 Å². The van der Waals surface area contributed by atoms with Gasteiger partial charge in [-0.15, -0.1) is 6.58 Å². The van der Waals surface area contributed by atoms with Crippen LogP contribution in [-0.2, 0) is 9.59 Å². The third-order valence-electron chi connectivity index (χ3n) is 3.12. The number of allylic oxidation sites excluding steroid dienone is 2. The predicted molar refractivity (Wildman–Crippen MR) is 72.7 cm³/mol. The zero-order chi connectivity index (χ0) is 13.2. The van der Waals surface area contributed by atoms with Crippen LogP contribution in [0.2, 0.25) is 0 Å². The molecular weight excluding hydrogens is 226 g/mol. The highest BCUT2D eigenvalue weighted by molar-refractivity contribution is 6.02. The van der Waals surface area contributed by atoms with Crippen LogP contribution in [0.15, 0.2) is 24.9 Å². The van der Waals surface area contributed by atoms with E-state index in [1.54, 1.807) is 6.20 Å². The Labute approximate surface area is 110 Å². The lowest BCUT2D eigenvalue weighted by Crippen LogP contribution is -2.22. The van der Waals surface area contributed by atoms with Crippen LogP contribution in [0.5, 0.6) is 0 Å². The van der Waals surface area contributed by atoms with Crippen molar-refractivity contribution in [1.82, 2.24) is 4.90 Å². The van der Waals surface area contributed by atoms with Crippen LogP contribution < -0.4 is 0 Å². The van der Waals surface area contributed by atoms with Crippen molar-refractivity contribution in [2.24, 2.45) is 0 Å². The molecular formula is C15H23NO2. The molecule has 0 atom stereocenters. The fourth-order valence-corrected chi connectivity index (χ4v) is 2.02. The molecule has 3 nitrogen and oxygen atoms in total. The number of carbonyl (C=O) groups is 2. The first-order chi connectivity index (χ1) is 8.75. The van der Waals surface area contributed by atoms with E-state index in [0.717, 1.165) is 19.3 Å². The standard InChI is InChI=1S/C15H23NO2/c1-2-3-4-5-6-7-8-9-10-13-16-14(17)11-12-15(16)18/h2,10,13H,1,3-9,11-12H2. The molecule has 1 aliphatic heterocycles. The first kappa shape index (κ1) is 14.7. The van der Waals surface area contributed by atoms with E-state index < -0.39 is 0 Å². The third kappa shape index (κ3) is 5.30. The average Bonchev–Trinajstić information content (AvgIpc) is 2.68. The molecule has 0 N–H and O–H groups in total. The largest absolute Gasteiger partial charge is 0.274 e. The summed E-state index contributed by atoms with van der Waals surface area (Å²) in [5, 5.41) is 0. The second-order valence-electron chi connectivity index (χ2n) is 4.68. The summed E-state index contributed by atoms with van der Waals surface area (Å²) in [5.74, 6) is -0.138. The first-order valence-electron chi connectivity index (χ1n) is 6.88. The molecule has 1 aliphatic rings. The van der Waals surface area contributed by atoms with Gasteiger partial charge in [-0.1, -0.05) is 31.4 Å². The molecule has 100 valence electrons. The lowest BCUT2D eigenvalue weighted by atomic mass is 10.1. The van der Waals surface area contributed by atoms with Crippen molar-refractivity contribution in [3.05, 3.63) is 24.9 Å². The number of nitrogens with zero attached hydrogens (tertiary/aromatic N) is 1. The quantitative estimate of drug-likeness (QED) is 0.356. The summed E-state index contributed by atoms with van der Waals surface area (Å²) >= 11 is 0. The fraction of sp³-hybridized carbons (Fsp3) is 0.600. The molecule has 18 heavy (non-hydrogen) atoms. The monoisotopic (exact) mass is 249 g/mol. The topological polar surface area (TPSA) is 37.4 Å². The molecule has 0 unspecified atom stereocenters. The molecule has 0 aromatic heterocycles. The van der Waals surface area contributed by atoms with Gasteiger partial charge < -0.3 is 0 Å². The van der Waals surface area contributed by atoms with Gasteiger partial charge in [-0.3, -0.25) is 14.5 Å². The van der Waals surface area contributed by atoms with Gasteiger partial charge in [0.2, 0.25) is 11.8 Å². The number of hydrogen-bond acceptors (Lipinski definition) is 2. The van der Waals surface area contributed by atoms with Gasteiger partial charge in [0.25, 0.3) is 0 Å². The molecule has 0 aromatic carbocycles. The van der Waals surface area contributed by atoms with Crippen molar-refractivity contribution in [3.63, 3.8) is 0 Å². The highest BCUT2D eigenvalue weighted by Crippen LogP contribution is 2.13. The Kier molecular flexibility index (Phi) is 7.07. The molecule has 0 saturated carbocycles. The van der Waals surface area contributed by atoms with Crippen molar-refractivity contribution in [3.8, 4) is 0 Å². The Morgan fingerprint density at radius 3 is 2.11 bits per heavy atom. The summed E-state index contributed by atoms with van der Waals surface area (Å²) in [6.45, 7) is 3.70. The van der Waals surface area contributed by atoms with Crippen LogP contribution in [0, 0.1) is 0 Å². The van der Waals surface area contributed by atoms with Crippen LogP contribution in [0.3, 0.4) is 0 Å². The zero-order valence-corrected chi connectivity index (χ0v) is 11.1. The minimum atomic E-state index is -0.0688. The Morgan fingerprint density at radius 1 is 0.944 bits per heavy atom. The number of unbranched alkanes of at least 4 members (excludes halogenated alkanes) is 6. The molecule has 0 spiro atoms. The average molecular weight is 249 g/mol. The van der Waals surface area contributed by atoms with Crippen LogP contribution in [0.1, 0.15) is 57.8 Å². The Hall–Kier alpha value is -1.38. The number of amides is 2. The van der Waals surface area contributed by atoms with E-state index in [-0.39, 0.29) is 11.8 Å². The summed E-state index contributed by atoms with van der Waals surface area (Å²) < 4.78 is 0. The van der Waals surface area contributed by atoms with Gasteiger partial charge in [0.1, 0.15) is 0 Å². The second kappa shape index (κ2) is 8.67. The van der Waals surface area contributed by atoms with Gasteiger partial charge in [-0.25, -0.2) is 0 Å². The maximum absolute atomic E-state index is 11.3. The normalized spacial score (nSPS) is 15.9. The Bertz CT molecular complexity index is 304. The number of imide groups is 1. The molecule has 1 heterocycles. The molecule has 0 aromatic rings. The molecule has 0 bridgehead atoms. The molecule has 1 saturated heterocycles. The van der Waals surface area contributed by atoms with E-state index in [1.165, 1.54) is 30.6 Å². The lowest BCUT2D eigenvalue weighted by Gasteiger charge is -2.06. The number of hydrogen-bond donors (Lipinski definition) is 0. The summed E-state index contributed by atoms with van der Waals surface area (Å²) in [7, 11) is 0. The van der Waals surface area contributed by atoms with Gasteiger partial charge >= 0.3 is 0 Å². The van der Waals surface area contributed by atoms with Gasteiger partial charge in [0, 0.05) is 19.0 Å². The number of likely N-dealkylation sites (tertiary alicyclic amines) is 1. The second-order valence-corrected chi connectivity index (χ2v) is 4.68. The fourth-order valence-electron chi connectivity index (χ4n) is 2.02. The smallest absolute Gasteiger partial charge is 0.233 e. The predicted octanol–water partition coefficient (Wildman–Crippen LogP) is 3.57. The Morgan fingerprint density at radius 2 is 1.50 bits per heavy atom. The van der Waals surface area contributed by atoms with Crippen molar-refractivity contribution < 1.29 is 9.59 Å². The van der Waals surface area contributed by atoms with Crippen molar-refractivity contribution in [2.45, 2.75) is 57.8 Å². The van der Waals surface area contributed by atoms with Crippen molar-refractivity contribution in [1.29, 1.82) is 0 Å². The van der Waals surface area contributed by atoms with Crippen molar-refractivity contribution >= 4 is 11.8 Å². The minimum Gasteiger partial charge on any atom is -0.274 e. The van der Waals surface area contributed by atoms with Crippen LogP contribution in [-0.4, -0.2) is 16.7 Å². The summed E-state index contributed by atoms with van der Waals surface area (Å²) in [4.78, 5) is 23.8. The Balaban J connectivity index is 2.02. The maximum Gasteiger partial charge on any atom is 0.233 e. The molecule has 0 aliphatic carbocycles. The first-order valence-corrected chi connectivity index (χ1v) is 6.88. The van der Waals surface area contributed by atoms with E-state index in [9.17, 15) is 9.59 Å². The number of carbonyl (C=O) groups excluding carboxylic acids is 2. The molecule has 3 heteroatoms. The molecule has 1 fully saturated rings. The summed E-state index contributed by atoms with van der Waals surface area (Å²) in [6, 6.07) is 0. The molecule has 0 radical (unpaired) electrons. The SMILES string of the molecule is C=CCCCCCCCC=CN1C(=O)CCC1=O. The van der Waals surface area contributed by atoms with Crippen LogP contribution in [0.25, 0.3) is 0 Å². The third-order valence-corrected chi connectivity index (χ3v) is 3.12. The van der Waals surface area contributed by atoms with Gasteiger partial charge in [-0.2, -0.15) is 0 Å². The minimum absolute atomic E-state index is 0.0688. The van der Waals surface area contributed by atoms with Crippen LogP contribution in [0.4, 0.5) is 0 Å². The highest BCUT2D eigenvalue weighted by Gasteiger charge is 2.26. The van der Waals surface area contributed by atoms with E-state index in [1.807, 2.05) is 12.2 Å². The maximum atomic E-state index is 11.3. The molecule has 1 rings (SSSR count). The van der Waals surface area contributed by atoms with Gasteiger partial charge in [0.05, 0.1) is 0 Å². The van der Waals surface area contributed by atoms with E-state index in [4.69, 9.17) is 0 Å². The number of rotatable bonds is 9. The summed E-state index contributed by atoms with van der Waals surface area (Å²) in [5.41, 5.74) is 0. The lowest BCUT2D eigenvalue weighted by molar-refractivity contribution is -0.135. The van der Waals surface area contributed by atoms with E-state index in [0.29, 0.717) is 12.8 Å². The van der Waals surface area contributed by atoms with Gasteiger partial charge in [-0.05, 0) is 25.7 Å². The van der Waals surface area contributed by atoms with Crippen LogP contribution >= 0.6 is 0 Å². The summed E-state index contributed by atoms with van der Waals surface area (Å²) in [6.07, 6.45) is 14.4. The van der Waals surface area contributed by atoms with Crippen molar-refractivity contribution in [2.75, 3.05) is 0 Å². The zero-order valence-electron chi connectivity index (χ0n) is 11.1. The highest BCUT2D eigenvalue weighted by atomic mass is 16.2. The van der Waals surface area contributed by atoms with Gasteiger partial charge in [0.15, 0.2) is 0 Å². The molecule has 2 amide bonds. The van der Waals surface area contributed by atoms with E-state index in [2.05, 4.69) is 6.58 Å².